The number of furan rings is 1. The lowest BCUT2D eigenvalue weighted by Crippen LogP contribution is -2.61. The van der Waals surface area contributed by atoms with Crippen molar-refractivity contribution < 1.29 is 14.3 Å². The van der Waals surface area contributed by atoms with Crippen LogP contribution in [0.2, 0.25) is 0 Å². The summed E-state index contributed by atoms with van der Waals surface area (Å²) in [5.41, 5.74) is -0.171. The van der Waals surface area contributed by atoms with Crippen molar-refractivity contribution in [2.45, 2.75) is 12.5 Å². The number of rotatable bonds is 1. The van der Waals surface area contributed by atoms with Gasteiger partial charge in [0, 0.05) is 0 Å². The highest BCUT2D eigenvalue weighted by Crippen LogP contribution is 2.21. The minimum absolute atomic E-state index is 0.0831. The minimum atomic E-state index is -0.709. The SMILES string of the molecule is CC1(O)CN(C(=O)c2ccoc2)C1. The highest BCUT2D eigenvalue weighted by molar-refractivity contribution is 5.94. The molecular weight excluding hydrogens is 170 g/mol. The Morgan fingerprint density at radius 1 is 1.69 bits per heavy atom. The Morgan fingerprint density at radius 3 is 2.85 bits per heavy atom. The lowest BCUT2D eigenvalue weighted by Gasteiger charge is -2.43. The third-order valence-electron chi connectivity index (χ3n) is 2.12. The van der Waals surface area contributed by atoms with Gasteiger partial charge in [0.15, 0.2) is 0 Å². The Hall–Kier alpha value is -1.29. The quantitative estimate of drug-likeness (QED) is 0.685. The summed E-state index contributed by atoms with van der Waals surface area (Å²) < 4.78 is 4.80. The van der Waals surface area contributed by atoms with Crippen LogP contribution in [-0.4, -0.2) is 34.6 Å². The van der Waals surface area contributed by atoms with Gasteiger partial charge in [-0.25, -0.2) is 0 Å². The van der Waals surface area contributed by atoms with Crippen LogP contribution in [0, 0.1) is 0 Å². The highest BCUT2D eigenvalue weighted by Gasteiger charge is 2.39. The van der Waals surface area contributed by atoms with E-state index in [1.807, 2.05) is 0 Å². The molecule has 2 heterocycles. The second-order valence-electron chi connectivity index (χ2n) is 3.67. The van der Waals surface area contributed by atoms with Crippen molar-refractivity contribution in [3.8, 4) is 0 Å². The van der Waals surface area contributed by atoms with E-state index in [2.05, 4.69) is 0 Å². The maximum atomic E-state index is 11.5. The molecule has 1 saturated heterocycles. The average molecular weight is 181 g/mol. The summed E-state index contributed by atoms with van der Waals surface area (Å²) >= 11 is 0. The molecule has 4 nitrogen and oxygen atoms in total. The molecule has 0 radical (unpaired) electrons. The first kappa shape index (κ1) is 8.31. The summed E-state index contributed by atoms with van der Waals surface area (Å²) in [5, 5.41) is 9.41. The molecule has 0 spiro atoms. The number of aliphatic hydroxyl groups is 1. The molecule has 4 heteroatoms. The average Bonchev–Trinajstić information content (AvgIpc) is 2.50. The standard InChI is InChI=1S/C9H11NO3/c1-9(12)5-10(6-9)8(11)7-2-3-13-4-7/h2-4,12H,5-6H2,1H3. The van der Waals surface area contributed by atoms with Crippen molar-refractivity contribution >= 4 is 5.91 Å². The molecule has 1 amide bonds. The number of carbonyl (C=O) groups excluding carboxylic acids is 1. The fourth-order valence-corrected chi connectivity index (χ4v) is 1.49. The van der Waals surface area contributed by atoms with Crippen LogP contribution in [0.15, 0.2) is 23.0 Å². The van der Waals surface area contributed by atoms with E-state index in [-0.39, 0.29) is 5.91 Å². The van der Waals surface area contributed by atoms with E-state index in [0.717, 1.165) is 0 Å². The summed E-state index contributed by atoms with van der Waals surface area (Å²) in [4.78, 5) is 13.1. The topological polar surface area (TPSA) is 53.7 Å². The Morgan fingerprint density at radius 2 is 2.38 bits per heavy atom. The Balaban J connectivity index is 2.02. The predicted molar refractivity (Wildman–Crippen MR) is 45.2 cm³/mol. The summed E-state index contributed by atoms with van der Waals surface area (Å²) in [5.74, 6) is -0.0831. The number of amides is 1. The van der Waals surface area contributed by atoms with E-state index in [4.69, 9.17) is 4.42 Å². The normalized spacial score (nSPS) is 19.7. The first-order valence-corrected chi connectivity index (χ1v) is 4.12. The zero-order chi connectivity index (χ0) is 9.47. The molecule has 1 aliphatic heterocycles. The summed E-state index contributed by atoms with van der Waals surface area (Å²) in [6, 6.07) is 1.62. The molecule has 1 aromatic rings. The fourth-order valence-electron chi connectivity index (χ4n) is 1.49. The molecule has 1 aliphatic rings. The van der Waals surface area contributed by atoms with Crippen molar-refractivity contribution in [2.75, 3.05) is 13.1 Å². The molecule has 0 unspecified atom stereocenters. The van der Waals surface area contributed by atoms with Gasteiger partial charge in [0.05, 0.1) is 30.5 Å². The molecule has 0 aliphatic carbocycles. The van der Waals surface area contributed by atoms with E-state index in [1.54, 1.807) is 17.9 Å². The van der Waals surface area contributed by atoms with Crippen molar-refractivity contribution in [1.29, 1.82) is 0 Å². The number of carbonyl (C=O) groups is 1. The van der Waals surface area contributed by atoms with Gasteiger partial charge in [-0.3, -0.25) is 4.79 Å². The number of hydrogen-bond acceptors (Lipinski definition) is 3. The van der Waals surface area contributed by atoms with Crippen molar-refractivity contribution in [1.82, 2.24) is 4.90 Å². The number of hydrogen-bond donors (Lipinski definition) is 1. The van der Waals surface area contributed by atoms with Crippen LogP contribution >= 0.6 is 0 Å². The molecule has 2 rings (SSSR count). The lowest BCUT2D eigenvalue weighted by molar-refractivity contribution is -0.0669. The summed E-state index contributed by atoms with van der Waals surface area (Å²) in [6.07, 6.45) is 2.88. The van der Waals surface area contributed by atoms with Crippen LogP contribution in [0.1, 0.15) is 17.3 Å². The molecule has 1 N–H and O–H groups in total. The third-order valence-corrected chi connectivity index (χ3v) is 2.12. The monoisotopic (exact) mass is 181 g/mol. The van der Waals surface area contributed by atoms with Gasteiger partial charge < -0.3 is 14.4 Å². The van der Waals surface area contributed by atoms with Gasteiger partial charge in [0.1, 0.15) is 6.26 Å². The Kier molecular flexibility index (Phi) is 1.66. The second-order valence-corrected chi connectivity index (χ2v) is 3.67. The summed E-state index contributed by atoms with van der Waals surface area (Å²) in [7, 11) is 0. The maximum Gasteiger partial charge on any atom is 0.257 e. The van der Waals surface area contributed by atoms with Crippen molar-refractivity contribution in [3.63, 3.8) is 0 Å². The van der Waals surface area contributed by atoms with E-state index in [1.165, 1.54) is 12.5 Å². The Labute approximate surface area is 75.8 Å². The van der Waals surface area contributed by atoms with Crippen molar-refractivity contribution in [3.05, 3.63) is 24.2 Å². The highest BCUT2D eigenvalue weighted by atomic mass is 16.3. The first-order valence-electron chi connectivity index (χ1n) is 4.12. The van der Waals surface area contributed by atoms with Gasteiger partial charge >= 0.3 is 0 Å². The van der Waals surface area contributed by atoms with Gasteiger partial charge in [-0.05, 0) is 13.0 Å². The van der Waals surface area contributed by atoms with E-state index >= 15 is 0 Å². The van der Waals surface area contributed by atoms with Gasteiger partial charge in [0.25, 0.3) is 5.91 Å². The molecule has 0 bridgehead atoms. The first-order chi connectivity index (χ1) is 6.08. The smallest absolute Gasteiger partial charge is 0.257 e. The third kappa shape index (κ3) is 1.45. The van der Waals surface area contributed by atoms with Gasteiger partial charge in [-0.2, -0.15) is 0 Å². The number of likely N-dealkylation sites (tertiary alicyclic amines) is 1. The zero-order valence-corrected chi connectivity index (χ0v) is 7.36. The van der Waals surface area contributed by atoms with Crippen LogP contribution in [0.25, 0.3) is 0 Å². The molecule has 70 valence electrons. The van der Waals surface area contributed by atoms with Gasteiger partial charge in [-0.1, -0.05) is 0 Å². The molecule has 13 heavy (non-hydrogen) atoms. The molecule has 0 aromatic carbocycles. The van der Waals surface area contributed by atoms with E-state index < -0.39 is 5.60 Å². The van der Waals surface area contributed by atoms with Gasteiger partial charge in [-0.15, -0.1) is 0 Å². The molecular formula is C9H11NO3. The van der Waals surface area contributed by atoms with Crippen LogP contribution in [-0.2, 0) is 0 Å². The van der Waals surface area contributed by atoms with E-state index in [9.17, 15) is 9.90 Å². The summed E-state index contributed by atoms with van der Waals surface area (Å²) in [6.45, 7) is 2.51. The lowest BCUT2D eigenvalue weighted by atomic mass is 9.96. The molecule has 1 aromatic heterocycles. The van der Waals surface area contributed by atoms with Crippen LogP contribution in [0.5, 0.6) is 0 Å². The number of β-amino-alcohol motifs (C(OH)–C–C–N with tert-alkyl or cyclic N) is 1. The minimum Gasteiger partial charge on any atom is -0.472 e. The predicted octanol–water partition coefficient (Wildman–Crippen LogP) is 0.486. The molecule has 0 atom stereocenters. The van der Waals surface area contributed by atoms with Crippen LogP contribution < -0.4 is 0 Å². The Bertz CT molecular complexity index is 308. The van der Waals surface area contributed by atoms with Crippen molar-refractivity contribution in [2.24, 2.45) is 0 Å². The maximum absolute atomic E-state index is 11.5. The largest absolute Gasteiger partial charge is 0.472 e. The second kappa shape index (κ2) is 2.60. The fraction of sp³-hybridized carbons (Fsp3) is 0.444. The van der Waals surface area contributed by atoms with Crippen LogP contribution in [0.4, 0.5) is 0 Å². The van der Waals surface area contributed by atoms with Crippen LogP contribution in [0.3, 0.4) is 0 Å². The molecule has 1 fully saturated rings. The van der Waals surface area contributed by atoms with E-state index in [0.29, 0.717) is 18.7 Å². The van der Waals surface area contributed by atoms with Gasteiger partial charge in [0.2, 0.25) is 0 Å². The zero-order valence-electron chi connectivity index (χ0n) is 7.36. The molecule has 0 saturated carbocycles. The number of nitrogens with zero attached hydrogens (tertiary/aromatic N) is 1.